The Bertz CT molecular complexity index is 665. The molecule has 1 aliphatic heterocycles. The summed E-state index contributed by atoms with van der Waals surface area (Å²) in [5.74, 6) is 0.516. The number of aliphatic carboxylic acids is 1. The van der Waals surface area contributed by atoms with Crippen molar-refractivity contribution in [3.8, 4) is 0 Å². The topological polar surface area (TPSA) is 69.2 Å². The number of carbonyl (C=O) groups is 1. The van der Waals surface area contributed by atoms with Gasteiger partial charge in [-0.15, -0.1) is 0 Å². The smallest absolute Gasteiger partial charge is 0.320 e. The van der Waals surface area contributed by atoms with Gasteiger partial charge in [0, 0.05) is 12.5 Å². The Morgan fingerprint density at radius 3 is 3.10 bits per heavy atom. The van der Waals surface area contributed by atoms with Crippen LogP contribution in [0.3, 0.4) is 0 Å². The van der Waals surface area contributed by atoms with Crippen LogP contribution in [-0.2, 0) is 4.79 Å². The molecule has 0 radical (unpaired) electrons. The van der Waals surface area contributed by atoms with E-state index in [2.05, 4.69) is 29.0 Å². The van der Waals surface area contributed by atoms with Gasteiger partial charge in [-0.2, -0.15) is 0 Å². The first-order valence-corrected chi connectivity index (χ1v) is 7.47. The van der Waals surface area contributed by atoms with Crippen LogP contribution in [0.1, 0.15) is 37.1 Å². The second kappa shape index (κ2) is 5.48. The first-order chi connectivity index (χ1) is 10.0. The van der Waals surface area contributed by atoms with E-state index >= 15 is 0 Å². The van der Waals surface area contributed by atoms with Gasteiger partial charge in [0.2, 0.25) is 0 Å². The minimum Gasteiger partial charge on any atom is -0.480 e. The molecule has 2 unspecified atom stereocenters. The third-order valence-electron chi connectivity index (χ3n) is 4.40. The van der Waals surface area contributed by atoms with Gasteiger partial charge in [0.05, 0.1) is 11.0 Å². The highest BCUT2D eigenvalue weighted by Crippen LogP contribution is 2.28. The highest BCUT2D eigenvalue weighted by atomic mass is 16.4. The van der Waals surface area contributed by atoms with Gasteiger partial charge >= 0.3 is 5.97 Å². The fourth-order valence-corrected chi connectivity index (χ4v) is 3.07. The number of hydrogen-bond acceptors (Lipinski definition) is 3. The molecule has 3 rings (SSSR count). The van der Waals surface area contributed by atoms with Gasteiger partial charge in [0.1, 0.15) is 11.9 Å². The molecule has 21 heavy (non-hydrogen) atoms. The number of likely N-dealkylation sites (tertiary alicyclic amines) is 1. The van der Waals surface area contributed by atoms with E-state index in [1.165, 1.54) is 5.56 Å². The van der Waals surface area contributed by atoms with E-state index in [4.69, 9.17) is 0 Å². The minimum absolute atomic E-state index is 0.285. The van der Waals surface area contributed by atoms with Crippen LogP contribution in [0.25, 0.3) is 11.0 Å². The number of aromatic nitrogens is 2. The molecule has 1 aromatic carbocycles. The highest BCUT2D eigenvalue weighted by molar-refractivity contribution is 5.76. The van der Waals surface area contributed by atoms with Crippen LogP contribution in [0.5, 0.6) is 0 Å². The monoisotopic (exact) mass is 287 g/mol. The molecular formula is C16H21N3O2. The Morgan fingerprint density at radius 2 is 2.33 bits per heavy atom. The standard InChI is InChI=1S/C16H21N3O2/c1-10-5-6-13-14(8-10)18-15(17-13)12-4-3-7-19(9-12)11(2)16(20)21/h5-6,8,11-12H,3-4,7,9H2,1-2H3,(H,17,18)(H,20,21). The maximum Gasteiger partial charge on any atom is 0.320 e. The zero-order valence-electron chi connectivity index (χ0n) is 12.5. The molecule has 1 aromatic heterocycles. The Morgan fingerprint density at radius 1 is 1.52 bits per heavy atom. The summed E-state index contributed by atoms with van der Waals surface area (Å²) < 4.78 is 0. The second-order valence-electron chi connectivity index (χ2n) is 5.99. The predicted octanol–water partition coefficient (Wildman–Crippen LogP) is 2.52. The van der Waals surface area contributed by atoms with E-state index in [-0.39, 0.29) is 5.92 Å². The van der Waals surface area contributed by atoms with Crippen molar-refractivity contribution in [1.29, 1.82) is 0 Å². The SMILES string of the molecule is Cc1ccc2nc(C3CCCN(C(C)C(=O)O)C3)[nH]c2c1. The minimum atomic E-state index is -0.754. The second-order valence-corrected chi connectivity index (χ2v) is 5.99. The molecule has 1 aliphatic rings. The molecule has 0 saturated carbocycles. The largest absolute Gasteiger partial charge is 0.480 e. The van der Waals surface area contributed by atoms with Crippen LogP contribution < -0.4 is 0 Å². The summed E-state index contributed by atoms with van der Waals surface area (Å²) in [4.78, 5) is 21.3. The third kappa shape index (κ3) is 2.78. The molecule has 2 heterocycles. The van der Waals surface area contributed by atoms with Gasteiger partial charge in [-0.05, 0) is 50.9 Å². The van der Waals surface area contributed by atoms with E-state index < -0.39 is 12.0 Å². The van der Waals surface area contributed by atoms with Gasteiger partial charge < -0.3 is 10.1 Å². The van der Waals surface area contributed by atoms with E-state index in [0.717, 1.165) is 42.8 Å². The first kappa shape index (κ1) is 14.1. The van der Waals surface area contributed by atoms with E-state index in [1.807, 2.05) is 11.0 Å². The molecule has 0 spiro atoms. The summed E-state index contributed by atoms with van der Waals surface area (Å²) in [5, 5.41) is 9.17. The summed E-state index contributed by atoms with van der Waals surface area (Å²) in [7, 11) is 0. The summed E-state index contributed by atoms with van der Waals surface area (Å²) in [5.41, 5.74) is 3.26. The van der Waals surface area contributed by atoms with Crippen LogP contribution in [0.2, 0.25) is 0 Å². The number of aromatic amines is 1. The molecular weight excluding hydrogens is 266 g/mol. The zero-order chi connectivity index (χ0) is 15.0. The molecule has 1 fully saturated rings. The fourth-order valence-electron chi connectivity index (χ4n) is 3.07. The van der Waals surface area contributed by atoms with Crippen molar-refractivity contribution in [3.63, 3.8) is 0 Å². The maximum atomic E-state index is 11.2. The molecule has 5 heteroatoms. The summed E-state index contributed by atoms with van der Waals surface area (Å²) in [6.45, 7) is 5.43. The Labute approximate surface area is 124 Å². The van der Waals surface area contributed by atoms with Crippen LogP contribution in [-0.4, -0.2) is 45.1 Å². The molecule has 112 valence electrons. The number of benzene rings is 1. The zero-order valence-corrected chi connectivity index (χ0v) is 12.5. The number of H-pyrrole nitrogens is 1. The summed E-state index contributed by atoms with van der Waals surface area (Å²) in [6, 6.07) is 5.77. The number of rotatable bonds is 3. The number of nitrogens with one attached hydrogen (secondary N) is 1. The lowest BCUT2D eigenvalue weighted by Crippen LogP contribution is -2.44. The third-order valence-corrected chi connectivity index (χ3v) is 4.40. The number of aryl methyl sites for hydroxylation is 1. The van der Waals surface area contributed by atoms with Gasteiger partial charge in [-0.3, -0.25) is 9.69 Å². The van der Waals surface area contributed by atoms with Crippen molar-refractivity contribution >= 4 is 17.0 Å². The molecule has 1 saturated heterocycles. The van der Waals surface area contributed by atoms with Gasteiger partial charge in [0.25, 0.3) is 0 Å². The van der Waals surface area contributed by atoms with Crippen LogP contribution in [0, 0.1) is 6.92 Å². The lowest BCUT2D eigenvalue weighted by atomic mass is 9.96. The van der Waals surface area contributed by atoms with Crippen molar-refractivity contribution in [2.45, 2.75) is 38.6 Å². The van der Waals surface area contributed by atoms with Gasteiger partial charge in [0.15, 0.2) is 0 Å². The molecule has 5 nitrogen and oxygen atoms in total. The number of carboxylic acid groups (broad SMARTS) is 1. The van der Waals surface area contributed by atoms with Crippen molar-refractivity contribution in [2.24, 2.45) is 0 Å². The predicted molar refractivity (Wildman–Crippen MR) is 81.5 cm³/mol. The Kier molecular flexibility index (Phi) is 3.68. The van der Waals surface area contributed by atoms with E-state index in [0.29, 0.717) is 0 Å². The van der Waals surface area contributed by atoms with Crippen molar-refractivity contribution < 1.29 is 9.90 Å². The maximum absolute atomic E-state index is 11.2. The number of carboxylic acids is 1. The van der Waals surface area contributed by atoms with Gasteiger partial charge in [-0.25, -0.2) is 4.98 Å². The summed E-state index contributed by atoms with van der Waals surface area (Å²) in [6.07, 6.45) is 2.07. The lowest BCUT2D eigenvalue weighted by Gasteiger charge is -2.34. The highest BCUT2D eigenvalue weighted by Gasteiger charge is 2.29. The van der Waals surface area contributed by atoms with Crippen molar-refractivity contribution in [1.82, 2.24) is 14.9 Å². The average Bonchev–Trinajstić information content (AvgIpc) is 2.89. The molecule has 0 aliphatic carbocycles. The fraction of sp³-hybridized carbons (Fsp3) is 0.500. The van der Waals surface area contributed by atoms with Crippen molar-refractivity contribution in [3.05, 3.63) is 29.6 Å². The Balaban J connectivity index is 1.83. The lowest BCUT2D eigenvalue weighted by molar-refractivity contribution is -0.143. The van der Waals surface area contributed by atoms with Crippen LogP contribution >= 0.6 is 0 Å². The average molecular weight is 287 g/mol. The van der Waals surface area contributed by atoms with Gasteiger partial charge in [-0.1, -0.05) is 6.07 Å². The molecule has 2 aromatic rings. The number of nitrogens with zero attached hydrogens (tertiary/aromatic N) is 2. The first-order valence-electron chi connectivity index (χ1n) is 7.47. The molecule has 0 amide bonds. The van der Waals surface area contributed by atoms with Crippen LogP contribution in [0.15, 0.2) is 18.2 Å². The molecule has 0 bridgehead atoms. The quantitative estimate of drug-likeness (QED) is 0.910. The van der Waals surface area contributed by atoms with E-state index in [9.17, 15) is 9.90 Å². The number of hydrogen-bond donors (Lipinski definition) is 2. The number of piperidine rings is 1. The van der Waals surface area contributed by atoms with E-state index in [1.54, 1.807) is 6.92 Å². The number of fused-ring (bicyclic) bond motifs is 1. The normalized spacial score (nSPS) is 21.5. The molecule has 2 N–H and O–H groups in total. The Hall–Kier alpha value is -1.88. The summed E-state index contributed by atoms with van der Waals surface area (Å²) >= 11 is 0. The van der Waals surface area contributed by atoms with Crippen molar-refractivity contribution in [2.75, 3.05) is 13.1 Å². The number of imidazole rings is 1. The molecule has 2 atom stereocenters. The van der Waals surface area contributed by atoms with Crippen LogP contribution in [0.4, 0.5) is 0 Å².